The Morgan fingerprint density at radius 1 is 1.32 bits per heavy atom. The molecular weight excluding hydrogens is 244 g/mol. The fourth-order valence-corrected chi connectivity index (χ4v) is 2.69. The van der Waals surface area contributed by atoms with Gasteiger partial charge < -0.3 is 15.7 Å². The molecule has 0 aromatic carbocycles. The lowest BCUT2D eigenvalue weighted by Crippen LogP contribution is -2.49. The average Bonchev–Trinajstić information content (AvgIpc) is 2.32. The Hall–Kier alpha value is -1.26. The second-order valence-electron chi connectivity index (χ2n) is 6.05. The summed E-state index contributed by atoms with van der Waals surface area (Å²) < 4.78 is 0. The third-order valence-electron chi connectivity index (χ3n) is 3.82. The predicted octanol–water partition coefficient (Wildman–Crippen LogP) is 2.22. The fourth-order valence-electron chi connectivity index (χ4n) is 2.69. The number of amides is 2. The Kier molecular flexibility index (Phi) is 6.12. The first kappa shape index (κ1) is 15.8. The van der Waals surface area contributed by atoms with E-state index < -0.39 is 12.0 Å². The molecular formula is C14H26N2O3. The summed E-state index contributed by atoms with van der Waals surface area (Å²) in [6.07, 6.45) is 4.79. The maximum absolute atomic E-state index is 11.7. The maximum Gasteiger partial charge on any atom is 0.326 e. The van der Waals surface area contributed by atoms with Crippen molar-refractivity contribution >= 4 is 12.0 Å². The molecule has 5 nitrogen and oxygen atoms in total. The number of nitrogens with one attached hydrogen (secondary N) is 2. The van der Waals surface area contributed by atoms with Crippen LogP contribution in [0.15, 0.2) is 0 Å². The molecule has 1 fully saturated rings. The van der Waals surface area contributed by atoms with Gasteiger partial charge >= 0.3 is 12.0 Å². The molecule has 1 aliphatic carbocycles. The van der Waals surface area contributed by atoms with Crippen LogP contribution in [-0.4, -0.2) is 29.7 Å². The summed E-state index contributed by atoms with van der Waals surface area (Å²) in [4.78, 5) is 22.7. The summed E-state index contributed by atoms with van der Waals surface area (Å²) in [6, 6.07) is -1.20. The maximum atomic E-state index is 11.7. The van der Waals surface area contributed by atoms with Crippen LogP contribution in [0.2, 0.25) is 0 Å². The molecule has 3 atom stereocenters. The summed E-state index contributed by atoms with van der Waals surface area (Å²) in [6.45, 7) is 6.44. The van der Waals surface area contributed by atoms with Crippen molar-refractivity contribution in [1.29, 1.82) is 0 Å². The second-order valence-corrected chi connectivity index (χ2v) is 6.05. The third kappa shape index (κ3) is 5.49. The van der Waals surface area contributed by atoms with Gasteiger partial charge in [-0.1, -0.05) is 33.6 Å². The molecule has 0 aliphatic heterocycles. The molecule has 5 heteroatoms. The first-order valence-corrected chi connectivity index (χ1v) is 7.17. The number of hydrogen-bond acceptors (Lipinski definition) is 2. The van der Waals surface area contributed by atoms with Crippen molar-refractivity contribution in [2.24, 2.45) is 17.8 Å². The van der Waals surface area contributed by atoms with Crippen LogP contribution in [-0.2, 0) is 4.79 Å². The quantitative estimate of drug-likeness (QED) is 0.716. The number of hydrogen-bond donors (Lipinski definition) is 3. The van der Waals surface area contributed by atoms with Crippen LogP contribution in [0.5, 0.6) is 0 Å². The monoisotopic (exact) mass is 270 g/mol. The number of carbonyl (C=O) groups is 2. The lowest BCUT2D eigenvalue weighted by atomic mass is 9.82. The molecule has 2 unspecified atom stereocenters. The number of carbonyl (C=O) groups excluding carboxylic acids is 1. The third-order valence-corrected chi connectivity index (χ3v) is 3.82. The van der Waals surface area contributed by atoms with Gasteiger partial charge in [-0.3, -0.25) is 0 Å². The molecule has 0 aromatic rings. The predicted molar refractivity (Wildman–Crippen MR) is 73.9 cm³/mol. The highest BCUT2D eigenvalue weighted by atomic mass is 16.4. The lowest BCUT2D eigenvalue weighted by Gasteiger charge is -2.27. The number of aliphatic carboxylic acids is 1. The van der Waals surface area contributed by atoms with Crippen molar-refractivity contribution in [2.75, 3.05) is 6.54 Å². The van der Waals surface area contributed by atoms with Gasteiger partial charge in [-0.15, -0.1) is 0 Å². The normalized spacial score (nSPS) is 24.8. The Morgan fingerprint density at radius 3 is 2.53 bits per heavy atom. The lowest BCUT2D eigenvalue weighted by molar-refractivity contribution is -0.140. The van der Waals surface area contributed by atoms with E-state index in [0.717, 1.165) is 18.8 Å². The minimum absolute atomic E-state index is 0.127. The van der Waals surface area contributed by atoms with E-state index in [0.29, 0.717) is 12.5 Å². The van der Waals surface area contributed by atoms with E-state index in [-0.39, 0.29) is 11.9 Å². The molecule has 1 aliphatic rings. The largest absolute Gasteiger partial charge is 0.480 e. The van der Waals surface area contributed by atoms with Gasteiger partial charge in [-0.05, 0) is 30.6 Å². The second kappa shape index (κ2) is 7.36. The van der Waals surface area contributed by atoms with Gasteiger partial charge in [0.25, 0.3) is 0 Å². The standard InChI is InChI=1S/C14H26N2O3/c1-9(2)12(13(17)18)16-14(19)15-8-11-6-4-5-10(3)7-11/h9-12H,4-8H2,1-3H3,(H,17,18)(H2,15,16,19)/t10?,11?,12-/m0/s1. The molecule has 0 spiro atoms. The molecule has 0 aromatic heterocycles. The molecule has 0 bridgehead atoms. The zero-order chi connectivity index (χ0) is 14.4. The van der Waals surface area contributed by atoms with Gasteiger partial charge in [-0.25, -0.2) is 9.59 Å². The highest BCUT2D eigenvalue weighted by molar-refractivity contribution is 5.82. The van der Waals surface area contributed by atoms with Crippen molar-refractivity contribution in [1.82, 2.24) is 10.6 Å². The summed E-state index contributed by atoms with van der Waals surface area (Å²) in [5.41, 5.74) is 0. The highest BCUT2D eigenvalue weighted by Gasteiger charge is 2.24. The number of urea groups is 1. The van der Waals surface area contributed by atoms with Crippen LogP contribution in [0.25, 0.3) is 0 Å². The first-order chi connectivity index (χ1) is 8.90. The van der Waals surface area contributed by atoms with Gasteiger partial charge in [0.1, 0.15) is 6.04 Å². The topological polar surface area (TPSA) is 78.4 Å². The van der Waals surface area contributed by atoms with Crippen LogP contribution in [0.1, 0.15) is 46.5 Å². The SMILES string of the molecule is CC1CCCC(CNC(=O)N[C@H](C(=O)O)C(C)C)C1. The van der Waals surface area contributed by atoms with Crippen LogP contribution in [0.3, 0.4) is 0 Å². The van der Waals surface area contributed by atoms with Crippen LogP contribution in [0, 0.1) is 17.8 Å². The van der Waals surface area contributed by atoms with Crippen molar-refractivity contribution in [3.63, 3.8) is 0 Å². The van der Waals surface area contributed by atoms with E-state index in [2.05, 4.69) is 17.6 Å². The molecule has 110 valence electrons. The Balaban J connectivity index is 2.32. The first-order valence-electron chi connectivity index (χ1n) is 7.17. The van der Waals surface area contributed by atoms with E-state index in [9.17, 15) is 9.59 Å². The average molecular weight is 270 g/mol. The van der Waals surface area contributed by atoms with Crippen LogP contribution < -0.4 is 10.6 Å². The van der Waals surface area contributed by atoms with E-state index in [1.165, 1.54) is 12.8 Å². The number of carboxylic acid groups (broad SMARTS) is 1. The fraction of sp³-hybridized carbons (Fsp3) is 0.857. The zero-order valence-electron chi connectivity index (χ0n) is 12.1. The Labute approximate surface area is 115 Å². The number of carboxylic acids is 1. The Bertz CT molecular complexity index is 318. The van der Waals surface area contributed by atoms with E-state index in [1.807, 2.05) is 0 Å². The Morgan fingerprint density at radius 2 is 2.00 bits per heavy atom. The minimum Gasteiger partial charge on any atom is -0.480 e. The van der Waals surface area contributed by atoms with Gasteiger partial charge in [0.2, 0.25) is 0 Å². The van der Waals surface area contributed by atoms with Crippen molar-refractivity contribution < 1.29 is 14.7 Å². The van der Waals surface area contributed by atoms with Gasteiger partial charge in [0, 0.05) is 6.54 Å². The molecule has 1 saturated carbocycles. The summed E-state index contributed by atoms with van der Waals surface area (Å²) >= 11 is 0. The van der Waals surface area contributed by atoms with Crippen molar-refractivity contribution in [3.05, 3.63) is 0 Å². The molecule has 0 saturated heterocycles. The molecule has 19 heavy (non-hydrogen) atoms. The van der Waals surface area contributed by atoms with Gasteiger partial charge in [0.15, 0.2) is 0 Å². The highest BCUT2D eigenvalue weighted by Crippen LogP contribution is 2.27. The van der Waals surface area contributed by atoms with Crippen molar-refractivity contribution in [3.8, 4) is 0 Å². The molecule has 0 heterocycles. The molecule has 0 radical (unpaired) electrons. The minimum atomic E-state index is -0.989. The van der Waals surface area contributed by atoms with Crippen LogP contribution in [0.4, 0.5) is 4.79 Å². The van der Waals surface area contributed by atoms with Crippen molar-refractivity contribution in [2.45, 2.75) is 52.5 Å². The van der Waals surface area contributed by atoms with E-state index in [4.69, 9.17) is 5.11 Å². The smallest absolute Gasteiger partial charge is 0.326 e. The van der Waals surface area contributed by atoms with Gasteiger partial charge in [-0.2, -0.15) is 0 Å². The van der Waals surface area contributed by atoms with Crippen LogP contribution >= 0.6 is 0 Å². The number of rotatable bonds is 5. The van der Waals surface area contributed by atoms with E-state index >= 15 is 0 Å². The summed E-state index contributed by atoms with van der Waals surface area (Å²) in [5.74, 6) is 0.136. The van der Waals surface area contributed by atoms with E-state index in [1.54, 1.807) is 13.8 Å². The zero-order valence-corrected chi connectivity index (χ0v) is 12.1. The van der Waals surface area contributed by atoms with Gasteiger partial charge in [0.05, 0.1) is 0 Å². The molecule has 3 N–H and O–H groups in total. The summed E-state index contributed by atoms with van der Waals surface area (Å²) in [5, 5.41) is 14.3. The molecule has 2 amide bonds. The molecule has 1 rings (SSSR count). The summed E-state index contributed by atoms with van der Waals surface area (Å²) in [7, 11) is 0.